The van der Waals surface area contributed by atoms with Gasteiger partial charge in [-0.3, -0.25) is 4.90 Å². The molecule has 0 bridgehead atoms. The van der Waals surface area contributed by atoms with Crippen LogP contribution in [0.1, 0.15) is 0 Å². The molecule has 0 amide bonds. The fourth-order valence-electron chi connectivity index (χ4n) is 2.29. The van der Waals surface area contributed by atoms with Crippen molar-refractivity contribution in [1.29, 1.82) is 0 Å². The van der Waals surface area contributed by atoms with Crippen LogP contribution in [0.15, 0.2) is 17.0 Å². The zero-order chi connectivity index (χ0) is 15.6. The molecule has 0 aliphatic carbocycles. The lowest BCUT2D eigenvalue weighted by Crippen LogP contribution is -2.49. The number of sulfonamides is 1. The molecule has 1 aromatic rings. The lowest BCUT2D eigenvalue weighted by atomic mass is 10.3. The maximum Gasteiger partial charge on any atom is 0.249 e. The second-order valence-electron chi connectivity index (χ2n) is 4.78. The van der Waals surface area contributed by atoms with E-state index in [9.17, 15) is 17.2 Å². The topological polar surface area (TPSA) is 86.9 Å². The second-order valence-corrected chi connectivity index (χ2v) is 6.66. The van der Waals surface area contributed by atoms with Crippen molar-refractivity contribution in [2.75, 3.05) is 45.1 Å². The van der Waals surface area contributed by atoms with Crippen molar-refractivity contribution in [1.82, 2.24) is 9.21 Å². The minimum Gasteiger partial charge on any atom is -0.399 e. The highest BCUT2D eigenvalue weighted by Gasteiger charge is 2.33. The van der Waals surface area contributed by atoms with Gasteiger partial charge in [-0.2, -0.15) is 4.31 Å². The summed E-state index contributed by atoms with van der Waals surface area (Å²) in [5.41, 5.74) is 5.11. The van der Waals surface area contributed by atoms with E-state index in [1.807, 2.05) is 4.90 Å². The highest BCUT2D eigenvalue weighted by Crippen LogP contribution is 2.25. The van der Waals surface area contributed by atoms with Gasteiger partial charge in [0.2, 0.25) is 10.0 Å². The molecule has 2 rings (SSSR count). The van der Waals surface area contributed by atoms with E-state index >= 15 is 0 Å². The van der Waals surface area contributed by atoms with Gasteiger partial charge in [0.05, 0.1) is 6.61 Å². The summed E-state index contributed by atoms with van der Waals surface area (Å²) in [5.74, 6) is -2.38. The zero-order valence-corrected chi connectivity index (χ0v) is 12.1. The SMILES string of the molecule is Nc1cc(F)c(S(=O)(=O)N2CCN(CCO)CC2)c(F)c1. The van der Waals surface area contributed by atoms with Crippen LogP contribution in [0.2, 0.25) is 0 Å². The number of benzene rings is 1. The van der Waals surface area contributed by atoms with Crippen LogP contribution in [-0.2, 0) is 10.0 Å². The second kappa shape index (κ2) is 6.22. The summed E-state index contributed by atoms with van der Waals surface area (Å²) in [6, 6.07) is 1.58. The molecule has 118 valence electrons. The molecule has 21 heavy (non-hydrogen) atoms. The standard InChI is InChI=1S/C12H17F2N3O3S/c13-10-7-9(15)8-11(14)12(10)21(19,20)17-3-1-16(2-4-17)5-6-18/h7-8,18H,1-6,15H2. The van der Waals surface area contributed by atoms with Gasteiger partial charge >= 0.3 is 0 Å². The van der Waals surface area contributed by atoms with Gasteiger partial charge in [-0.05, 0) is 12.1 Å². The number of aliphatic hydroxyl groups is 1. The Kier molecular flexibility index (Phi) is 4.77. The number of piperazine rings is 1. The number of hydrogen-bond donors (Lipinski definition) is 2. The monoisotopic (exact) mass is 321 g/mol. The van der Waals surface area contributed by atoms with E-state index in [-0.39, 0.29) is 25.4 Å². The van der Waals surface area contributed by atoms with Crippen molar-refractivity contribution >= 4 is 15.7 Å². The number of nitrogens with zero attached hydrogens (tertiary/aromatic N) is 2. The first-order valence-corrected chi connectivity index (χ1v) is 7.88. The molecule has 1 aliphatic rings. The fraction of sp³-hybridized carbons (Fsp3) is 0.500. The molecule has 0 spiro atoms. The number of aliphatic hydroxyl groups excluding tert-OH is 1. The van der Waals surface area contributed by atoms with Crippen LogP contribution < -0.4 is 5.73 Å². The summed E-state index contributed by atoms with van der Waals surface area (Å²) in [5, 5.41) is 8.84. The molecule has 1 fully saturated rings. The molecule has 6 nitrogen and oxygen atoms in total. The first-order valence-electron chi connectivity index (χ1n) is 6.44. The van der Waals surface area contributed by atoms with Crippen LogP contribution in [0.3, 0.4) is 0 Å². The third-order valence-corrected chi connectivity index (χ3v) is 5.32. The summed E-state index contributed by atoms with van der Waals surface area (Å²) in [7, 11) is -4.24. The number of nitrogens with two attached hydrogens (primary N) is 1. The summed E-state index contributed by atoms with van der Waals surface area (Å²) in [6.45, 7) is 1.46. The molecule has 9 heteroatoms. The summed E-state index contributed by atoms with van der Waals surface area (Å²) < 4.78 is 53.3. The molecule has 0 radical (unpaired) electrons. The van der Waals surface area contributed by atoms with E-state index in [2.05, 4.69) is 0 Å². The molecule has 0 unspecified atom stereocenters. The quantitative estimate of drug-likeness (QED) is 0.753. The van der Waals surface area contributed by atoms with Crippen molar-refractivity contribution < 1.29 is 22.3 Å². The Morgan fingerprint density at radius 3 is 2.14 bits per heavy atom. The number of β-amino-alcohol motifs (C(OH)–C–C–N with tert-alkyl or cyclic N) is 1. The third kappa shape index (κ3) is 3.31. The van der Waals surface area contributed by atoms with Gasteiger partial charge in [0.1, 0.15) is 11.6 Å². The lowest BCUT2D eigenvalue weighted by Gasteiger charge is -2.33. The maximum atomic E-state index is 13.8. The van der Waals surface area contributed by atoms with Crippen molar-refractivity contribution in [3.8, 4) is 0 Å². The maximum absolute atomic E-state index is 13.8. The van der Waals surface area contributed by atoms with Gasteiger partial charge in [-0.25, -0.2) is 17.2 Å². The minimum atomic E-state index is -4.24. The van der Waals surface area contributed by atoms with Gasteiger partial charge in [-0.15, -0.1) is 0 Å². The largest absolute Gasteiger partial charge is 0.399 e. The van der Waals surface area contributed by atoms with Crippen LogP contribution in [0.5, 0.6) is 0 Å². The molecule has 3 N–H and O–H groups in total. The molecule has 1 aromatic carbocycles. The Balaban J connectivity index is 2.24. The molecule has 1 saturated heterocycles. The van der Waals surface area contributed by atoms with Crippen molar-refractivity contribution in [3.05, 3.63) is 23.8 Å². The summed E-state index contributed by atoms with van der Waals surface area (Å²) in [4.78, 5) is 0.911. The molecule has 1 aliphatic heterocycles. The number of anilines is 1. The van der Waals surface area contributed by atoms with Crippen molar-refractivity contribution in [2.45, 2.75) is 4.90 Å². The van der Waals surface area contributed by atoms with E-state index in [4.69, 9.17) is 10.8 Å². The number of halogens is 2. The average molecular weight is 321 g/mol. The van der Waals surface area contributed by atoms with Crippen LogP contribution in [-0.4, -0.2) is 62.1 Å². The van der Waals surface area contributed by atoms with Crippen LogP contribution >= 0.6 is 0 Å². The van der Waals surface area contributed by atoms with Gasteiger partial charge < -0.3 is 10.8 Å². The first-order chi connectivity index (χ1) is 9.86. The molecule has 0 aromatic heterocycles. The Bertz CT molecular complexity index is 593. The van der Waals surface area contributed by atoms with Crippen LogP contribution in [0.25, 0.3) is 0 Å². The Hall–Kier alpha value is -1.29. The molecular formula is C12H17F2N3O3S. The van der Waals surface area contributed by atoms with Gasteiger partial charge in [0.25, 0.3) is 0 Å². The van der Waals surface area contributed by atoms with E-state index in [1.165, 1.54) is 0 Å². The predicted molar refractivity (Wildman–Crippen MR) is 73.1 cm³/mol. The Morgan fingerprint density at radius 1 is 1.14 bits per heavy atom. The minimum absolute atomic E-state index is 0.0199. The molecule has 0 saturated carbocycles. The summed E-state index contributed by atoms with van der Waals surface area (Å²) >= 11 is 0. The van der Waals surface area contributed by atoms with E-state index < -0.39 is 26.6 Å². The van der Waals surface area contributed by atoms with Gasteiger partial charge in [0, 0.05) is 38.4 Å². The van der Waals surface area contributed by atoms with Crippen LogP contribution in [0.4, 0.5) is 14.5 Å². The number of nitrogen functional groups attached to an aromatic ring is 1. The van der Waals surface area contributed by atoms with Crippen molar-refractivity contribution in [2.24, 2.45) is 0 Å². The fourth-order valence-corrected chi connectivity index (χ4v) is 3.80. The Morgan fingerprint density at radius 2 is 1.67 bits per heavy atom. The molecular weight excluding hydrogens is 304 g/mol. The highest BCUT2D eigenvalue weighted by atomic mass is 32.2. The molecule has 1 heterocycles. The number of hydrogen-bond acceptors (Lipinski definition) is 5. The first kappa shape index (κ1) is 16.1. The molecule has 0 atom stereocenters. The van der Waals surface area contributed by atoms with Gasteiger partial charge in [0.15, 0.2) is 4.90 Å². The third-order valence-electron chi connectivity index (χ3n) is 3.37. The van der Waals surface area contributed by atoms with Crippen LogP contribution in [0, 0.1) is 11.6 Å². The predicted octanol–water partition coefficient (Wildman–Crippen LogP) is -0.154. The van der Waals surface area contributed by atoms with Gasteiger partial charge in [-0.1, -0.05) is 0 Å². The average Bonchev–Trinajstić information content (AvgIpc) is 2.38. The Labute approximate surface area is 121 Å². The smallest absolute Gasteiger partial charge is 0.249 e. The zero-order valence-electron chi connectivity index (χ0n) is 11.3. The van der Waals surface area contributed by atoms with E-state index in [0.717, 1.165) is 16.4 Å². The van der Waals surface area contributed by atoms with Crippen molar-refractivity contribution in [3.63, 3.8) is 0 Å². The van der Waals surface area contributed by atoms with E-state index in [0.29, 0.717) is 19.6 Å². The van der Waals surface area contributed by atoms with E-state index in [1.54, 1.807) is 0 Å². The normalized spacial score (nSPS) is 18.0. The lowest BCUT2D eigenvalue weighted by molar-refractivity contribution is 0.151. The number of rotatable bonds is 4. The summed E-state index contributed by atoms with van der Waals surface area (Å²) in [6.07, 6.45) is 0. The highest BCUT2D eigenvalue weighted by molar-refractivity contribution is 7.89.